The van der Waals surface area contributed by atoms with Crippen LogP contribution in [0.4, 0.5) is 5.69 Å². The van der Waals surface area contributed by atoms with E-state index in [0.29, 0.717) is 36.0 Å². The average Bonchev–Trinajstić information content (AvgIpc) is 3.11. The molecule has 0 bridgehead atoms. The molecule has 0 unspecified atom stereocenters. The first-order valence-corrected chi connectivity index (χ1v) is 10.8. The highest BCUT2D eigenvalue weighted by atomic mass is 32.2. The summed E-state index contributed by atoms with van der Waals surface area (Å²) in [7, 11) is 0. The lowest BCUT2D eigenvalue weighted by Gasteiger charge is -2.26. The Bertz CT molecular complexity index is 949. The highest BCUT2D eigenvalue weighted by molar-refractivity contribution is 7.98. The van der Waals surface area contributed by atoms with Crippen LogP contribution in [0, 0.1) is 10.1 Å². The Labute approximate surface area is 173 Å². The molecular formula is C21H22N2O5S. The predicted molar refractivity (Wildman–Crippen MR) is 110 cm³/mol. The lowest BCUT2D eigenvalue weighted by atomic mass is 10.0. The van der Waals surface area contributed by atoms with E-state index in [9.17, 15) is 14.9 Å². The van der Waals surface area contributed by atoms with Gasteiger partial charge in [0.1, 0.15) is 0 Å². The van der Waals surface area contributed by atoms with Crippen molar-refractivity contribution in [2.24, 2.45) is 0 Å². The molecule has 2 aliphatic rings. The van der Waals surface area contributed by atoms with Gasteiger partial charge in [0, 0.05) is 24.6 Å². The minimum absolute atomic E-state index is 0.0327. The molecule has 1 amide bonds. The number of carbonyl (C=O) groups excluding carboxylic acids is 1. The smallest absolute Gasteiger partial charge is 0.283 e. The SMILES string of the molecule is CSc1ccc(C(=O)N2CCC[C@H]2c2ccc3c(c2)OCCCO3)cc1[N+](=O)[O-]. The van der Waals surface area contributed by atoms with E-state index >= 15 is 0 Å². The second kappa shape index (κ2) is 8.32. The summed E-state index contributed by atoms with van der Waals surface area (Å²) in [4.78, 5) is 26.5. The number of rotatable bonds is 4. The summed E-state index contributed by atoms with van der Waals surface area (Å²) in [6.45, 7) is 1.86. The molecule has 0 spiro atoms. The fourth-order valence-corrected chi connectivity index (χ4v) is 4.42. The summed E-state index contributed by atoms with van der Waals surface area (Å²) in [6.07, 6.45) is 4.35. The van der Waals surface area contributed by atoms with Crippen molar-refractivity contribution in [2.75, 3.05) is 26.0 Å². The predicted octanol–water partition coefficient (Wildman–Crippen LogP) is 4.46. The Balaban J connectivity index is 1.62. The Morgan fingerprint density at radius 2 is 1.93 bits per heavy atom. The average molecular weight is 414 g/mol. The number of likely N-dealkylation sites (tertiary alicyclic amines) is 1. The van der Waals surface area contributed by atoms with Crippen molar-refractivity contribution >= 4 is 23.4 Å². The number of nitro groups is 1. The largest absolute Gasteiger partial charge is 0.490 e. The molecule has 0 aliphatic carbocycles. The van der Waals surface area contributed by atoms with Crippen LogP contribution in [0.25, 0.3) is 0 Å². The van der Waals surface area contributed by atoms with Gasteiger partial charge in [0.25, 0.3) is 11.6 Å². The van der Waals surface area contributed by atoms with Crippen LogP contribution in [0.1, 0.15) is 41.2 Å². The zero-order valence-electron chi connectivity index (χ0n) is 16.1. The molecule has 152 valence electrons. The zero-order chi connectivity index (χ0) is 20.4. The zero-order valence-corrected chi connectivity index (χ0v) is 16.9. The molecule has 0 radical (unpaired) electrons. The van der Waals surface area contributed by atoms with Crippen LogP contribution in [0.3, 0.4) is 0 Å². The minimum Gasteiger partial charge on any atom is -0.490 e. The van der Waals surface area contributed by atoms with Crippen molar-refractivity contribution in [1.29, 1.82) is 0 Å². The van der Waals surface area contributed by atoms with Gasteiger partial charge in [0.05, 0.1) is 29.1 Å². The Morgan fingerprint density at radius 1 is 1.14 bits per heavy atom. The number of thioether (sulfide) groups is 1. The summed E-state index contributed by atoms with van der Waals surface area (Å²) in [5.41, 5.74) is 1.31. The molecule has 0 N–H and O–H groups in total. The van der Waals surface area contributed by atoms with Crippen LogP contribution in [0.2, 0.25) is 0 Å². The molecule has 7 nitrogen and oxygen atoms in total. The number of nitrogens with zero attached hydrogens (tertiary/aromatic N) is 2. The van der Waals surface area contributed by atoms with E-state index in [-0.39, 0.29) is 17.6 Å². The lowest BCUT2D eigenvalue weighted by Crippen LogP contribution is -2.30. The molecule has 2 aliphatic heterocycles. The molecule has 1 fully saturated rings. The molecule has 0 saturated carbocycles. The number of nitro benzene ring substituents is 1. The van der Waals surface area contributed by atoms with Crippen LogP contribution in [0.15, 0.2) is 41.3 Å². The van der Waals surface area contributed by atoms with Crippen molar-refractivity contribution in [2.45, 2.75) is 30.2 Å². The van der Waals surface area contributed by atoms with Crippen molar-refractivity contribution in [3.8, 4) is 11.5 Å². The maximum Gasteiger partial charge on any atom is 0.283 e. The minimum atomic E-state index is -0.437. The molecule has 2 heterocycles. The Morgan fingerprint density at radius 3 is 2.69 bits per heavy atom. The highest BCUT2D eigenvalue weighted by Gasteiger charge is 2.32. The quantitative estimate of drug-likeness (QED) is 0.417. The van der Waals surface area contributed by atoms with Gasteiger partial charge in [-0.25, -0.2) is 0 Å². The van der Waals surface area contributed by atoms with Crippen LogP contribution in [-0.4, -0.2) is 41.7 Å². The van der Waals surface area contributed by atoms with Crippen molar-refractivity contribution in [1.82, 2.24) is 4.90 Å². The number of carbonyl (C=O) groups is 1. The maximum atomic E-state index is 13.2. The van der Waals surface area contributed by atoms with Crippen molar-refractivity contribution in [3.05, 3.63) is 57.6 Å². The molecule has 1 saturated heterocycles. The maximum absolute atomic E-state index is 13.2. The number of amides is 1. The summed E-state index contributed by atoms with van der Waals surface area (Å²) >= 11 is 1.30. The summed E-state index contributed by atoms with van der Waals surface area (Å²) in [6, 6.07) is 10.4. The van der Waals surface area contributed by atoms with Crippen LogP contribution >= 0.6 is 11.8 Å². The van der Waals surface area contributed by atoms with Gasteiger partial charge in [-0.15, -0.1) is 11.8 Å². The van der Waals surface area contributed by atoms with E-state index in [0.717, 1.165) is 30.6 Å². The van der Waals surface area contributed by atoms with Crippen LogP contribution in [-0.2, 0) is 0 Å². The van der Waals surface area contributed by atoms with Gasteiger partial charge >= 0.3 is 0 Å². The molecule has 8 heteroatoms. The second-order valence-corrected chi connectivity index (χ2v) is 7.91. The first-order valence-electron chi connectivity index (χ1n) is 9.61. The third-order valence-electron chi connectivity index (χ3n) is 5.29. The molecule has 2 aromatic rings. The normalized spacial score (nSPS) is 18.4. The number of benzene rings is 2. The summed E-state index contributed by atoms with van der Waals surface area (Å²) in [5.74, 6) is 1.25. The van der Waals surface area contributed by atoms with E-state index in [1.807, 2.05) is 18.2 Å². The molecule has 29 heavy (non-hydrogen) atoms. The van der Waals surface area contributed by atoms with E-state index in [1.165, 1.54) is 17.8 Å². The van der Waals surface area contributed by atoms with E-state index in [1.54, 1.807) is 23.3 Å². The molecule has 1 atom stereocenters. The number of hydrogen-bond donors (Lipinski definition) is 0. The topological polar surface area (TPSA) is 81.9 Å². The van der Waals surface area contributed by atoms with Crippen molar-refractivity contribution < 1.29 is 19.2 Å². The third kappa shape index (κ3) is 3.89. The van der Waals surface area contributed by atoms with Gasteiger partial charge in [-0.3, -0.25) is 14.9 Å². The second-order valence-electron chi connectivity index (χ2n) is 7.06. The number of fused-ring (bicyclic) bond motifs is 1. The molecule has 4 rings (SSSR count). The fourth-order valence-electron chi connectivity index (χ4n) is 3.88. The van der Waals surface area contributed by atoms with Gasteiger partial charge in [-0.1, -0.05) is 6.07 Å². The summed E-state index contributed by atoms with van der Waals surface area (Å²) in [5, 5.41) is 11.4. The Kier molecular flexibility index (Phi) is 5.62. The fraction of sp³-hybridized carbons (Fsp3) is 0.381. The van der Waals surface area contributed by atoms with Gasteiger partial charge in [0.2, 0.25) is 0 Å². The molecule has 0 aromatic heterocycles. The van der Waals surface area contributed by atoms with Gasteiger partial charge in [-0.2, -0.15) is 0 Å². The molecule has 2 aromatic carbocycles. The number of ether oxygens (including phenoxy) is 2. The van der Waals surface area contributed by atoms with Crippen molar-refractivity contribution in [3.63, 3.8) is 0 Å². The lowest BCUT2D eigenvalue weighted by molar-refractivity contribution is -0.387. The first kappa shape index (κ1) is 19.6. The van der Waals surface area contributed by atoms with E-state index in [2.05, 4.69) is 0 Å². The van der Waals surface area contributed by atoms with E-state index in [4.69, 9.17) is 9.47 Å². The standard InChI is InChI=1S/C21H22N2O5S/c1-29-20-8-6-15(12-17(20)23(25)26)21(24)22-9-2-4-16(22)14-5-7-18-19(13-14)28-11-3-10-27-18/h5-8,12-13,16H,2-4,9-11H2,1H3/t16-/m0/s1. The van der Waals surface area contributed by atoms with Crippen LogP contribution < -0.4 is 9.47 Å². The van der Waals surface area contributed by atoms with Gasteiger partial charge in [-0.05, 0) is 48.9 Å². The van der Waals surface area contributed by atoms with Gasteiger partial charge in [0.15, 0.2) is 11.5 Å². The third-order valence-corrected chi connectivity index (χ3v) is 6.08. The Hall–Kier alpha value is -2.74. The summed E-state index contributed by atoms with van der Waals surface area (Å²) < 4.78 is 11.5. The van der Waals surface area contributed by atoms with Gasteiger partial charge < -0.3 is 14.4 Å². The number of hydrogen-bond acceptors (Lipinski definition) is 6. The highest BCUT2D eigenvalue weighted by Crippen LogP contribution is 2.39. The van der Waals surface area contributed by atoms with Crippen LogP contribution in [0.5, 0.6) is 11.5 Å². The van der Waals surface area contributed by atoms with E-state index < -0.39 is 4.92 Å². The first-order chi connectivity index (χ1) is 14.1. The molecular weight excluding hydrogens is 392 g/mol. The monoisotopic (exact) mass is 414 g/mol.